The average molecular weight is 439 g/mol. The molecular formula is C22H22N4O4S. The quantitative estimate of drug-likeness (QED) is 0.607. The van der Waals surface area contributed by atoms with Gasteiger partial charge in [0.2, 0.25) is 10.0 Å². The lowest BCUT2D eigenvalue weighted by Gasteiger charge is -2.34. The maximum absolute atomic E-state index is 12.9. The molecule has 160 valence electrons. The lowest BCUT2D eigenvalue weighted by Crippen LogP contribution is -2.50. The maximum Gasteiger partial charge on any atom is 0.257 e. The molecule has 3 aromatic rings. The largest absolute Gasteiger partial charge is 0.497 e. The van der Waals surface area contributed by atoms with E-state index in [2.05, 4.69) is 9.97 Å². The number of rotatable bonds is 5. The van der Waals surface area contributed by atoms with Crippen molar-refractivity contribution in [1.29, 1.82) is 0 Å². The molecular weight excluding hydrogens is 416 g/mol. The lowest BCUT2D eigenvalue weighted by atomic mass is 10.2. The average Bonchev–Trinajstić information content (AvgIpc) is 2.84. The van der Waals surface area contributed by atoms with Crippen molar-refractivity contribution in [2.45, 2.75) is 4.90 Å². The van der Waals surface area contributed by atoms with Gasteiger partial charge in [0, 0.05) is 44.1 Å². The summed E-state index contributed by atoms with van der Waals surface area (Å²) in [6.45, 7) is 1.05. The van der Waals surface area contributed by atoms with Crippen molar-refractivity contribution in [3.8, 4) is 17.1 Å². The van der Waals surface area contributed by atoms with E-state index in [1.807, 2.05) is 30.3 Å². The number of methoxy groups -OCH3 is 1. The molecule has 0 unspecified atom stereocenters. The van der Waals surface area contributed by atoms with Crippen LogP contribution in [0.4, 0.5) is 0 Å². The summed E-state index contributed by atoms with van der Waals surface area (Å²) in [6.07, 6.45) is 3.02. The summed E-state index contributed by atoms with van der Waals surface area (Å²) in [5.74, 6) is 0.934. The van der Waals surface area contributed by atoms with E-state index < -0.39 is 10.0 Å². The number of amides is 1. The minimum atomic E-state index is -3.62. The molecule has 8 nitrogen and oxygen atoms in total. The monoisotopic (exact) mass is 438 g/mol. The van der Waals surface area contributed by atoms with Crippen LogP contribution in [0.1, 0.15) is 10.4 Å². The first kappa shape index (κ1) is 21.0. The second-order valence-corrected chi connectivity index (χ2v) is 8.97. The van der Waals surface area contributed by atoms with Crippen molar-refractivity contribution in [3.63, 3.8) is 0 Å². The summed E-state index contributed by atoms with van der Waals surface area (Å²) < 4.78 is 32.2. The molecule has 0 N–H and O–H groups in total. The number of carbonyl (C=O) groups excluding carboxylic acids is 1. The van der Waals surface area contributed by atoms with Gasteiger partial charge in [-0.05, 0) is 24.3 Å². The van der Waals surface area contributed by atoms with Gasteiger partial charge in [-0.3, -0.25) is 4.79 Å². The Labute approximate surface area is 181 Å². The van der Waals surface area contributed by atoms with Crippen LogP contribution < -0.4 is 4.74 Å². The number of hydrogen-bond acceptors (Lipinski definition) is 6. The van der Waals surface area contributed by atoms with E-state index in [4.69, 9.17) is 4.74 Å². The highest BCUT2D eigenvalue weighted by Crippen LogP contribution is 2.21. The normalized spacial score (nSPS) is 14.9. The number of sulfonamides is 1. The molecule has 2 aromatic carbocycles. The third kappa shape index (κ3) is 4.42. The van der Waals surface area contributed by atoms with E-state index in [0.717, 1.165) is 5.56 Å². The van der Waals surface area contributed by atoms with Crippen LogP contribution in [-0.4, -0.2) is 66.8 Å². The molecule has 31 heavy (non-hydrogen) atoms. The summed E-state index contributed by atoms with van der Waals surface area (Å²) in [7, 11) is -2.09. The Kier molecular flexibility index (Phi) is 5.97. The van der Waals surface area contributed by atoms with Gasteiger partial charge in [-0.1, -0.05) is 30.3 Å². The Bertz CT molecular complexity index is 1140. The number of hydrogen-bond donors (Lipinski definition) is 0. The van der Waals surface area contributed by atoms with Crippen LogP contribution in [0.25, 0.3) is 11.4 Å². The number of nitrogens with zero attached hydrogens (tertiary/aromatic N) is 4. The van der Waals surface area contributed by atoms with E-state index in [-0.39, 0.29) is 23.9 Å². The van der Waals surface area contributed by atoms with Gasteiger partial charge in [-0.15, -0.1) is 0 Å². The van der Waals surface area contributed by atoms with Crippen molar-refractivity contribution in [1.82, 2.24) is 19.2 Å². The topological polar surface area (TPSA) is 92.7 Å². The fourth-order valence-electron chi connectivity index (χ4n) is 3.39. The predicted molar refractivity (Wildman–Crippen MR) is 115 cm³/mol. The molecule has 2 heterocycles. The Morgan fingerprint density at radius 1 is 0.903 bits per heavy atom. The van der Waals surface area contributed by atoms with Gasteiger partial charge in [-0.25, -0.2) is 18.4 Å². The van der Waals surface area contributed by atoms with Crippen LogP contribution in [0.15, 0.2) is 71.9 Å². The van der Waals surface area contributed by atoms with Crippen LogP contribution >= 0.6 is 0 Å². The minimum Gasteiger partial charge on any atom is -0.497 e. The highest BCUT2D eigenvalue weighted by atomic mass is 32.2. The third-order valence-electron chi connectivity index (χ3n) is 5.15. The molecule has 0 aliphatic carbocycles. The summed E-state index contributed by atoms with van der Waals surface area (Å²) >= 11 is 0. The molecule has 1 aliphatic heterocycles. The second-order valence-electron chi connectivity index (χ2n) is 7.03. The first-order chi connectivity index (χ1) is 15.0. The fraction of sp³-hybridized carbons (Fsp3) is 0.227. The van der Waals surface area contributed by atoms with E-state index >= 15 is 0 Å². The van der Waals surface area contributed by atoms with Crippen LogP contribution in [-0.2, 0) is 10.0 Å². The van der Waals surface area contributed by atoms with Gasteiger partial charge in [-0.2, -0.15) is 4.31 Å². The molecule has 4 rings (SSSR count). The highest BCUT2D eigenvalue weighted by Gasteiger charge is 2.30. The maximum atomic E-state index is 12.9. The molecule has 0 atom stereocenters. The number of ether oxygens (including phenoxy) is 1. The zero-order valence-corrected chi connectivity index (χ0v) is 17.8. The highest BCUT2D eigenvalue weighted by molar-refractivity contribution is 7.89. The van der Waals surface area contributed by atoms with Crippen molar-refractivity contribution >= 4 is 15.9 Å². The van der Waals surface area contributed by atoms with Crippen molar-refractivity contribution in [2.75, 3.05) is 33.3 Å². The molecule has 0 spiro atoms. The summed E-state index contributed by atoms with van der Waals surface area (Å²) in [4.78, 5) is 23.2. The zero-order chi connectivity index (χ0) is 21.8. The Hall–Kier alpha value is -3.30. The molecule has 0 radical (unpaired) electrons. The van der Waals surface area contributed by atoms with E-state index in [9.17, 15) is 13.2 Å². The van der Waals surface area contributed by atoms with E-state index in [1.165, 1.54) is 35.9 Å². The molecule has 0 bridgehead atoms. The van der Waals surface area contributed by atoms with Crippen LogP contribution in [0.3, 0.4) is 0 Å². The van der Waals surface area contributed by atoms with Crippen molar-refractivity contribution in [3.05, 3.63) is 72.6 Å². The first-order valence-corrected chi connectivity index (χ1v) is 11.2. The summed E-state index contributed by atoms with van der Waals surface area (Å²) in [6, 6.07) is 15.8. The predicted octanol–water partition coefficient (Wildman–Crippen LogP) is 2.30. The third-order valence-corrected chi connectivity index (χ3v) is 7.07. The van der Waals surface area contributed by atoms with Gasteiger partial charge < -0.3 is 9.64 Å². The van der Waals surface area contributed by atoms with Gasteiger partial charge in [0.05, 0.1) is 17.6 Å². The Balaban J connectivity index is 1.40. The molecule has 1 saturated heterocycles. The van der Waals surface area contributed by atoms with E-state index in [0.29, 0.717) is 30.2 Å². The van der Waals surface area contributed by atoms with Crippen molar-refractivity contribution < 1.29 is 17.9 Å². The van der Waals surface area contributed by atoms with Crippen LogP contribution in [0, 0.1) is 0 Å². The van der Waals surface area contributed by atoms with Crippen LogP contribution in [0.5, 0.6) is 5.75 Å². The molecule has 1 amide bonds. The molecule has 0 saturated carbocycles. The molecule has 1 fully saturated rings. The van der Waals surface area contributed by atoms with E-state index in [1.54, 1.807) is 17.0 Å². The molecule has 9 heteroatoms. The zero-order valence-electron chi connectivity index (χ0n) is 17.0. The summed E-state index contributed by atoms with van der Waals surface area (Å²) in [5.41, 5.74) is 1.25. The number of carbonyl (C=O) groups is 1. The molecule has 1 aromatic heterocycles. The number of piperazine rings is 1. The van der Waals surface area contributed by atoms with Crippen molar-refractivity contribution in [2.24, 2.45) is 0 Å². The van der Waals surface area contributed by atoms with Gasteiger partial charge >= 0.3 is 0 Å². The smallest absolute Gasteiger partial charge is 0.257 e. The lowest BCUT2D eigenvalue weighted by molar-refractivity contribution is 0.0697. The SMILES string of the molecule is COc1ccc(S(=O)(=O)N2CCN(C(=O)c3cnc(-c4ccccc4)nc3)CC2)cc1. The Morgan fingerprint density at radius 2 is 1.52 bits per heavy atom. The molecule has 1 aliphatic rings. The number of benzene rings is 2. The minimum absolute atomic E-state index is 0.206. The standard InChI is InChI=1S/C22H22N4O4S/c1-30-19-7-9-20(10-8-19)31(28,29)26-13-11-25(12-14-26)22(27)18-15-23-21(24-16-18)17-5-3-2-4-6-17/h2-10,15-16H,11-14H2,1H3. The van der Waals surface area contributed by atoms with Gasteiger partial charge in [0.15, 0.2) is 5.82 Å². The van der Waals surface area contributed by atoms with Gasteiger partial charge in [0.25, 0.3) is 5.91 Å². The second kappa shape index (κ2) is 8.83. The summed E-state index contributed by atoms with van der Waals surface area (Å²) in [5, 5.41) is 0. The van der Waals surface area contributed by atoms with Gasteiger partial charge in [0.1, 0.15) is 5.75 Å². The Morgan fingerprint density at radius 3 is 2.10 bits per heavy atom. The number of aromatic nitrogens is 2. The fourth-order valence-corrected chi connectivity index (χ4v) is 4.81. The first-order valence-electron chi connectivity index (χ1n) is 9.80. The van der Waals surface area contributed by atoms with Crippen LogP contribution in [0.2, 0.25) is 0 Å².